The Morgan fingerprint density at radius 3 is 2.54 bits per heavy atom. The van der Waals surface area contributed by atoms with E-state index in [0.717, 1.165) is 6.29 Å². The van der Waals surface area contributed by atoms with Gasteiger partial charge in [-0.2, -0.15) is 0 Å². The number of carbonyl (C=O) groups is 2. The molecular weight excluding hydrogens is 188 g/mol. The molecule has 1 N–H and O–H groups in total. The van der Waals surface area contributed by atoms with Crippen molar-refractivity contribution >= 4 is 29.5 Å². The van der Waals surface area contributed by atoms with Gasteiger partial charge >= 0.3 is 0 Å². The van der Waals surface area contributed by atoms with E-state index in [4.69, 9.17) is 12.2 Å². The topological polar surface area (TPSA) is 49.4 Å². The first-order valence-corrected chi connectivity index (χ1v) is 4.54. The molecule has 0 aromatic rings. The highest BCUT2D eigenvalue weighted by atomic mass is 32.1. The zero-order valence-electron chi connectivity index (χ0n) is 7.61. The summed E-state index contributed by atoms with van der Waals surface area (Å²) >= 11 is 4.91. The van der Waals surface area contributed by atoms with E-state index in [0.29, 0.717) is 5.11 Å². The Kier molecular flexibility index (Phi) is 2.98. The molecule has 5 heteroatoms. The number of rotatable bonds is 3. The molecule has 0 bridgehead atoms. The minimum atomic E-state index is -0.435. The molecule has 1 unspecified atom stereocenters. The fourth-order valence-electron chi connectivity index (χ4n) is 1.25. The summed E-state index contributed by atoms with van der Waals surface area (Å²) < 4.78 is 0. The molecule has 4 nitrogen and oxygen atoms in total. The second-order valence-corrected chi connectivity index (χ2v) is 3.68. The lowest BCUT2D eigenvalue weighted by atomic mass is 10.0. The second kappa shape index (κ2) is 3.83. The van der Waals surface area contributed by atoms with Crippen LogP contribution in [0.1, 0.15) is 13.8 Å². The van der Waals surface area contributed by atoms with Gasteiger partial charge in [0, 0.05) is 0 Å². The molecule has 0 saturated carbocycles. The fraction of sp³-hybridized carbons (Fsp3) is 0.625. The highest BCUT2D eigenvalue weighted by molar-refractivity contribution is 7.80. The summed E-state index contributed by atoms with van der Waals surface area (Å²) in [4.78, 5) is 23.4. The molecule has 0 aliphatic carbocycles. The van der Waals surface area contributed by atoms with Crippen molar-refractivity contribution < 1.29 is 9.59 Å². The van der Waals surface area contributed by atoms with E-state index in [-0.39, 0.29) is 18.4 Å². The van der Waals surface area contributed by atoms with Gasteiger partial charge < -0.3 is 10.1 Å². The van der Waals surface area contributed by atoms with Crippen LogP contribution >= 0.6 is 12.2 Å². The number of nitrogens with one attached hydrogen (secondary N) is 1. The van der Waals surface area contributed by atoms with Crippen molar-refractivity contribution in [3.05, 3.63) is 0 Å². The van der Waals surface area contributed by atoms with Crippen molar-refractivity contribution in [2.24, 2.45) is 5.92 Å². The molecule has 13 heavy (non-hydrogen) atoms. The van der Waals surface area contributed by atoms with Crippen LogP contribution in [-0.4, -0.2) is 34.8 Å². The van der Waals surface area contributed by atoms with Gasteiger partial charge in [-0.25, -0.2) is 0 Å². The smallest absolute Gasteiger partial charge is 0.248 e. The molecule has 1 rings (SSSR count). The van der Waals surface area contributed by atoms with E-state index in [9.17, 15) is 9.59 Å². The standard InChI is InChI=1S/C8H12N2O2S/c1-5(2)6(4-11)10-7(12)3-9-8(10)13/h4-6H,3H2,1-2H3,(H,9,13). The average Bonchev–Trinajstić information content (AvgIpc) is 2.36. The predicted molar refractivity (Wildman–Crippen MR) is 52.1 cm³/mol. The number of aldehydes is 1. The zero-order chi connectivity index (χ0) is 10.0. The third-order valence-electron chi connectivity index (χ3n) is 2.00. The molecule has 0 aromatic heterocycles. The van der Waals surface area contributed by atoms with Crippen molar-refractivity contribution in [3.8, 4) is 0 Å². The Morgan fingerprint density at radius 2 is 2.23 bits per heavy atom. The van der Waals surface area contributed by atoms with Gasteiger partial charge in [0.05, 0.1) is 12.6 Å². The van der Waals surface area contributed by atoms with Gasteiger partial charge in [-0.3, -0.25) is 9.69 Å². The van der Waals surface area contributed by atoms with Gasteiger partial charge in [0.25, 0.3) is 0 Å². The number of carbonyl (C=O) groups excluding carboxylic acids is 2. The number of amides is 1. The van der Waals surface area contributed by atoms with Gasteiger partial charge in [-0.15, -0.1) is 0 Å². The molecule has 1 saturated heterocycles. The summed E-state index contributed by atoms with van der Waals surface area (Å²) in [7, 11) is 0. The second-order valence-electron chi connectivity index (χ2n) is 3.29. The van der Waals surface area contributed by atoms with Crippen LogP contribution in [0.15, 0.2) is 0 Å². The van der Waals surface area contributed by atoms with E-state index in [1.54, 1.807) is 0 Å². The van der Waals surface area contributed by atoms with Gasteiger partial charge in [-0.05, 0) is 18.1 Å². The van der Waals surface area contributed by atoms with Crippen LogP contribution in [0.25, 0.3) is 0 Å². The molecule has 72 valence electrons. The van der Waals surface area contributed by atoms with E-state index in [1.165, 1.54) is 4.90 Å². The summed E-state index contributed by atoms with van der Waals surface area (Å²) in [5, 5.41) is 3.10. The van der Waals surface area contributed by atoms with Crippen LogP contribution in [-0.2, 0) is 9.59 Å². The zero-order valence-corrected chi connectivity index (χ0v) is 8.43. The Bertz CT molecular complexity index is 237. The first kappa shape index (κ1) is 10.1. The number of thiocarbonyl (C=S) groups is 1. The van der Waals surface area contributed by atoms with Crippen LogP contribution < -0.4 is 5.32 Å². The first-order valence-electron chi connectivity index (χ1n) is 4.13. The third kappa shape index (κ3) is 1.85. The number of hydrogen-bond acceptors (Lipinski definition) is 3. The molecule has 0 radical (unpaired) electrons. The van der Waals surface area contributed by atoms with Crippen molar-refractivity contribution in [1.29, 1.82) is 0 Å². The summed E-state index contributed by atoms with van der Waals surface area (Å²) in [6, 6.07) is -0.435. The number of nitrogens with zero attached hydrogens (tertiary/aromatic N) is 1. The molecule has 1 aliphatic heterocycles. The van der Waals surface area contributed by atoms with E-state index >= 15 is 0 Å². The summed E-state index contributed by atoms with van der Waals surface area (Å²) in [5.74, 6) is -0.0462. The van der Waals surface area contributed by atoms with Crippen molar-refractivity contribution in [2.45, 2.75) is 19.9 Å². The lowest BCUT2D eigenvalue weighted by Crippen LogP contribution is -2.44. The van der Waals surface area contributed by atoms with E-state index in [1.807, 2.05) is 13.8 Å². The van der Waals surface area contributed by atoms with Crippen LogP contribution in [0, 0.1) is 5.92 Å². The number of hydrogen-bond donors (Lipinski definition) is 1. The quantitative estimate of drug-likeness (QED) is 0.511. The molecule has 1 atom stereocenters. The van der Waals surface area contributed by atoms with E-state index in [2.05, 4.69) is 5.32 Å². The minimum Gasteiger partial charge on any atom is -0.353 e. The van der Waals surface area contributed by atoms with Crippen molar-refractivity contribution in [2.75, 3.05) is 6.54 Å². The highest BCUT2D eigenvalue weighted by Crippen LogP contribution is 2.12. The van der Waals surface area contributed by atoms with E-state index < -0.39 is 6.04 Å². The molecule has 1 heterocycles. The maximum absolute atomic E-state index is 11.3. The third-order valence-corrected chi connectivity index (χ3v) is 2.34. The van der Waals surface area contributed by atoms with Gasteiger partial charge in [-0.1, -0.05) is 13.8 Å². The van der Waals surface area contributed by atoms with Crippen molar-refractivity contribution in [3.63, 3.8) is 0 Å². The lowest BCUT2D eigenvalue weighted by molar-refractivity contribution is -0.129. The fourth-order valence-corrected chi connectivity index (χ4v) is 1.55. The highest BCUT2D eigenvalue weighted by Gasteiger charge is 2.33. The molecule has 1 amide bonds. The largest absolute Gasteiger partial charge is 0.353 e. The lowest BCUT2D eigenvalue weighted by Gasteiger charge is -2.24. The summed E-state index contributed by atoms with van der Waals surface area (Å²) in [6.45, 7) is 3.97. The Balaban J connectivity index is 2.83. The van der Waals surface area contributed by atoms with Crippen LogP contribution in [0.3, 0.4) is 0 Å². The Hall–Kier alpha value is -0.970. The SMILES string of the molecule is CC(C)C(C=O)N1C(=O)CNC1=S. The minimum absolute atomic E-state index is 0.0827. The van der Waals surface area contributed by atoms with Gasteiger partial charge in [0.15, 0.2) is 5.11 Å². The molecule has 0 spiro atoms. The summed E-state index contributed by atoms with van der Waals surface area (Å²) in [5.41, 5.74) is 0. The van der Waals surface area contributed by atoms with Gasteiger partial charge in [0.2, 0.25) is 5.91 Å². The maximum Gasteiger partial charge on any atom is 0.248 e. The maximum atomic E-state index is 11.3. The van der Waals surface area contributed by atoms with Crippen LogP contribution in [0.4, 0.5) is 0 Å². The summed E-state index contributed by atoms with van der Waals surface area (Å²) in [6.07, 6.45) is 0.766. The molecule has 1 aliphatic rings. The van der Waals surface area contributed by atoms with Crippen molar-refractivity contribution in [1.82, 2.24) is 10.2 Å². The predicted octanol–water partition coefficient (Wildman–Crippen LogP) is -0.0734. The first-order chi connectivity index (χ1) is 6.07. The average molecular weight is 200 g/mol. The normalized spacial score (nSPS) is 19.2. The molecule has 0 aromatic carbocycles. The van der Waals surface area contributed by atoms with Gasteiger partial charge in [0.1, 0.15) is 6.29 Å². The van der Waals surface area contributed by atoms with Crippen LogP contribution in [0.2, 0.25) is 0 Å². The molecule has 1 fully saturated rings. The monoisotopic (exact) mass is 200 g/mol. The molecular formula is C8H12N2O2S. The Labute approximate surface area is 82.3 Å². The van der Waals surface area contributed by atoms with Crippen LogP contribution in [0.5, 0.6) is 0 Å². The Morgan fingerprint density at radius 1 is 1.62 bits per heavy atom.